The van der Waals surface area contributed by atoms with Gasteiger partial charge in [0.25, 0.3) is 0 Å². The Balaban J connectivity index is 0.000000275. The second-order valence-electron chi connectivity index (χ2n) is 7.52. The third-order valence-electron chi connectivity index (χ3n) is 5.34. The lowest BCUT2D eigenvalue weighted by molar-refractivity contribution is -0.134. The Morgan fingerprint density at radius 3 is 2.17 bits per heavy atom. The molecule has 0 saturated carbocycles. The zero-order chi connectivity index (χ0) is 21.3. The van der Waals surface area contributed by atoms with Gasteiger partial charge in [0.1, 0.15) is 0 Å². The molecule has 0 radical (unpaired) electrons. The van der Waals surface area contributed by atoms with E-state index >= 15 is 0 Å². The van der Waals surface area contributed by atoms with Crippen LogP contribution in [0.3, 0.4) is 0 Å². The standard InChI is InChI=1S/C20H24N2.C4H4O4/c1-2-5-16(6-3-1)15-22-12-4-7-19-13-17-8-10-21-11-9-18(17)14-20(19)22;5-3(6)1-2-4(7)8/h1-3,5-6,13-14,21H,4,7-12,15H2;1-2H,(H,5,6)(H,7,8)/b;2-1+. The molecule has 0 spiro atoms. The van der Waals surface area contributed by atoms with Crippen molar-refractivity contribution >= 4 is 17.6 Å². The predicted octanol–water partition coefficient (Wildman–Crippen LogP) is 3.04. The lowest BCUT2D eigenvalue weighted by Gasteiger charge is -2.32. The Labute approximate surface area is 176 Å². The van der Waals surface area contributed by atoms with Gasteiger partial charge in [0, 0.05) is 30.9 Å². The van der Waals surface area contributed by atoms with Crippen LogP contribution >= 0.6 is 0 Å². The number of nitrogens with one attached hydrogen (secondary N) is 1. The number of carbonyl (C=O) groups is 2. The molecule has 0 atom stereocenters. The number of fused-ring (bicyclic) bond motifs is 2. The third-order valence-corrected chi connectivity index (χ3v) is 5.34. The summed E-state index contributed by atoms with van der Waals surface area (Å²) in [6, 6.07) is 15.8. The summed E-state index contributed by atoms with van der Waals surface area (Å²) in [7, 11) is 0. The molecule has 2 aliphatic heterocycles. The van der Waals surface area contributed by atoms with E-state index in [0.29, 0.717) is 12.2 Å². The Morgan fingerprint density at radius 1 is 0.900 bits per heavy atom. The van der Waals surface area contributed by atoms with Gasteiger partial charge in [0.05, 0.1) is 0 Å². The van der Waals surface area contributed by atoms with Crippen LogP contribution in [0, 0.1) is 0 Å². The fourth-order valence-corrected chi connectivity index (χ4v) is 3.95. The Hall–Kier alpha value is -3.12. The predicted molar refractivity (Wildman–Crippen MR) is 117 cm³/mol. The minimum absolute atomic E-state index is 0.558. The van der Waals surface area contributed by atoms with Gasteiger partial charge in [-0.2, -0.15) is 0 Å². The van der Waals surface area contributed by atoms with E-state index in [-0.39, 0.29) is 0 Å². The summed E-state index contributed by atoms with van der Waals surface area (Å²) in [6.07, 6.45) is 5.98. The molecule has 6 heteroatoms. The number of rotatable bonds is 4. The van der Waals surface area contributed by atoms with Crippen LogP contribution in [-0.4, -0.2) is 41.8 Å². The summed E-state index contributed by atoms with van der Waals surface area (Å²) < 4.78 is 0. The number of aliphatic carboxylic acids is 2. The van der Waals surface area contributed by atoms with E-state index in [0.717, 1.165) is 19.6 Å². The van der Waals surface area contributed by atoms with Gasteiger partial charge in [-0.15, -0.1) is 0 Å². The second-order valence-corrected chi connectivity index (χ2v) is 7.52. The molecule has 0 aliphatic carbocycles. The average Bonchev–Trinajstić information content (AvgIpc) is 2.97. The highest BCUT2D eigenvalue weighted by Crippen LogP contribution is 2.32. The van der Waals surface area contributed by atoms with Crippen LogP contribution in [-0.2, 0) is 35.4 Å². The van der Waals surface area contributed by atoms with Crippen molar-refractivity contribution in [3.63, 3.8) is 0 Å². The lowest BCUT2D eigenvalue weighted by Crippen LogP contribution is -2.29. The van der Waals surface area contributed by atoms with Gasteiger partial charge in [0.2, 0.25) is 0 Å². The molecule has 6 nitrogen and oxygen atoms in total. The molecule has 158 valence electrons. The maximum absolute atomic E-state index is 9.55. The smallest absolute Gasteiger partial charge is 0.328 e. The van der Waals surface area contributed by atoms with E-state index < -0.39 is 11.9 Å². The SMILES string of the molecule is O=C(O)/C=C/C(=O)O.c1ccc(CN2CCCc3cc4c(cc32)CCNCC4)cc1. The Kier molecular flexibility index (Phi) is 7.63. The number of carboxylic acids is 2. The number of aryl methyl sites for hydroxylation is 1. The topological polar surface area (TPSA) is 89.9 Å². The van der Waals surface area contributed by atoms with E-state index in [1.165, 1.54) is 43.5 Å². The summed E-state index contributed by atoms with van der Waals surface area (Å²) in [4.78, 5) is 21.7. The van der Waals surface area contributed by atoms with Crippen LogP contribution < -0.4 is 10.2 Å². The highest BCUT2D eigenvalue weighted by atomic mass is 16.4. The summed E-state index contributed by atoms with van der Waals surface area (Å²) in [5, 5.41) is 19.1. The molecule has 2 aromatic carbocycles. The van der Waals surface area contributed by atoms with Gasteiger partial charge < -0.3 is 20.4 Å². The number of nitrogens with zero attached hydrogens (tertiary/aromatic N) is 1. The molecule has 3 N–H and O–H groups in total. The van der Waals surface area contributed by atoms with Crippen LogP contribution in [0.1, 0.15) is 28.7 Å². The first-order valence-corrected chi connectivity index (χ1v) is 10.3. The van der Waals surface area contributed by atoms with E-state index in [9.17, 15) is 9.59 Å². The molecular weight excluding hydrogens is 380 g/mol. The van der Waals surface area contributed by atoms with E-state index in [1.54, 1.807) is 16.7 Å². The summed E-state index contributed by atoms with van der Waals surface area (Å²) in [5.74, 6) is -2.51. The maximum Gasteiger partial charge on any atom is 0.328 e. The number of benzene rings is 2. The number of hydrogen-bond acceptors (Lipinski definition) is 4. The minimum atomic E-state index is -1.26. The fraction of sp³-hybridized carbons (Fsp3) is 0.333. The highest BCUT2D eigenvalue weighted by molar-refractivity contribution is 5.89. The molecule has 2 heterocycles. The van der Waals surface area contributed by atoms with Crippen molar-refractivity contribution in [3.05, 3.63) is 76.9 Å². The lowest BCUT2D eigenvalue weighted by atomic mass is 9.93. The molecule has 0 aromatic heterocycles. The van der Waals surface area contributed by atoms with Gasteiger partial charge in [-0.1, -0.05) is 36.4 Å². The number of carboxylic acid groups (broad SMARTS) is 2. The molecule has 2 aromatic rings. The van der Waals surface area contributed by atoms with E-state index in [2.05, 4.69) is 52.7 Å². The zero-order valence-electron chi connectivity index (χ0n) is 17.0. The van der Waals surface area contributed by atoms with Crippen molar-refractivity contribution in [3.8, 4) is 0 Å². The molecule has 0 unspecified atom stereocenters. The van der Waals surface area contributed by atoms with Crippen molar-refractivity contribution in [2.24, 2.45) is 0 Å². The Morgan fingerprint density at radius 2 is 1.53 bits per heavy atom. The Bertz CT molecular complexity index is 893. The van der Waals surface area contributed by atoms with Crippen LogP contribution in [0.15, 0.2) is 54.6 Å². The van der Waals surface area contributed by atoms with Crippen molar-refractivity contribution in [1.29, 1.82) is 0 Å². The van der Waals surface area contributed by atoms with Gasteiger partial charge in [-0.25, -0.2) is 9.59 Å². The quantitative estimate of drug-likeness (QED) is 0.674. The van der Waals surface area contributed by atoms with Gasteiger partial charge >= 0.3 is 11.9 Å². The van der Waals surface area contributed by atoms with Crippen LogP contribution in [0.25, 0.3) is 0 Å². The molecule has 30 heavy (non-hydrogen) atoms. The largest absolute Gasteiger partial charge is 0.478 e. The van der Waals surface area contributed by atoms with Gasteiger partial charge in [-0.3, -0.25) is 0 Å². The second kappa shape index (κ2) is 10.6. The van der Waals surface area contributed by atoms with E-state index in [1.807, 2.05) is 0 Å². The molecule has 0 amide bonds. The van der Waals surface area contributed by atoms with Crippen molar-refractivity contribution in [2.45, 2.75) is 32.2 Å². The maximum atomic E-state index is 9.55. The van der Waals surface area contributed by atoms with Crippen LogP contribution in [0.4, 0.5) is 5.69 Å². The highest BCUT2D eigenvalue weighted by Gasteiger charge is 2.20. The van der Waals surface area contributed by atoms with Crippen molar-refractivity contribution < 1.29 is 19.8 Å². The van der Waals surface area contributed by atoms with Gasteiger partial charge in [-0.05, 0) is 67.1 Å². The number of anilines is 1. The van der Waals surface area contributed by atoms with Crippen LogP contribution in [0.5, 0.6) is 0 Å². The first-order valence-electron chi connectivity index (χ1n) is 10.3. The first kappa shape index (κ1) is 21.6. The fourth-order valence-electron chi connectivity index (χ4n) is 3.95. The summed E-state index contributed by atoms with van der Waals surface area (Å²) >= 11 is 0. The molecule has 4 rings (SSSR count). The van der Waals surface area contributed by atoms with Crippen molar-refractivity contribution in [2.75, 3.05) is 24.5 Å². The van der Waals surface area contributed by atoms with Gasteiger partial charge in [0.15, 0.2) is 0 Å². The zero-order valence-corrected chi connectivity index (χ0v) is 17.0. The molecule has 2 aliphatic rings. The normalized spacial score (nSPS) is 15.4. The molecule has 0 bridgehead atoms. The van der Waals surface area contributed by atoms with E-state index in [4.69, 9.17) is 10.2 Å². The monoisotopic (exact) mass is 408 g/mol. The molecule has 0 fully saturated rings. The summed E-state index contributed by atoms with van der Waals surface area (Å²) in [5.41, 5.74) is 7.58. The number of hydrogen-bond donors (Lipinski definition) is 3. The molecule has 0 saturated heterocycles. The average molecular weight is 408 g/mol. The third kappa shape index (κ3) is 6.19. The minimum Gasteiger partial charge on any atom is -0.478 e. The first-order chi connectivity index (χ1) is 14.5. The molecular formula is C24H28N2O4. The van der Waals surface area contributed by atoms with Crippen molar-refractivity contribution in [1.82, 2.24) is 5.32 Å². The summed E-state index contributed by atoms with van der Waals surface area (Å²) in [6.45, 7) is 4.45. The van der Waals surface area contributed by atoms with Crippen LogP contribution in [0.2, 0.25) is 0 Å².